The first kappa shape index (κ1) is 22.0. The van der Waals surface area contributed by atoms with Crippen LogP contribution in [0.4, 0.5) is 0 Å². The lowest BCUT2D eigenvalue weighted by Crippen LogP contribution is -2.29. The van der Waals surface area contributed by atoms with E-state index in [0.717, 1.165) is 34.9 Å². The van der Waals surface area contributed by atoms with Crippen molar-refractivity contribution in [3.63, 3.8) is 0 Å². The summed E-state index contributed by atoms with van der Waals surface area (Å²) in [5, 5.41) is 23.1. The predicted octanol–water partition coefficient (Wildman–Crippen LogP) is 6.48. The summed E-state index contributed by atoms with van der Waals surface area (Å²) in [6, 6.07) is 25.3. The summed E-state index contributed by atoms with van der Waals surface area (Å²) in [7, 11) is -1.60. The van der Waals surface area contributed by atoms with Crippen LogP contribution in [0.15, 0.2) is 83.3 Å². The van der Waals surface area contributed by atoms with Gasteiger partial charge in [-0.15, -0.1) is 0 Å². The van der Waals surface area contributed by atoms with Gasteiger partial charge in [-0.2, -0.15) is 0 Å². The molecule has 4 nitrogen and oxygen atoms in total. The molecule has 6 aromatic rings. The van der Waals surface area contributed by atoms with Crippen LogP contribution in [-0.2, 0) is 11.8 Å². The van der Waals surface area contributed by atoms with Crippen LogP contribution < -0.4 is 5.46 Å². The van der Waals surface area contributed by atoms with Gasteiger partial charge < -0.3 is 19.0 Å². The Morgan fingerprint density at radius 1 is 0.816 bits per heavy atom. The monoisotopic (exact) mass is 495 g/mol. The highest BCUT2D eigenvalue weighted by molar-refractivity contribution is 6.61. The molecule has 4 aromatic carbocycles. The number of nitrogens with zero attached hydrogens (tertiary/aromatic N) is 1. The van der Waals surface area contributed by atoms with E-state index in [1.54, 1.807) is 6.07 Å². The smallest absolute Gasteiger partial charge is 0.454 e. The molecule has 0 amide bonds. The van der Waals surface area contributed by atoms with Crippen LogP contribution in [0.25, 0.3) is 55.7 Å². The molecule has 8 rings (SSSR count). The molecule has 0 saturated carbocycles. The highest BCUT2D eigenvalue weighted by Crippen LogP contribution is 2.51. The first-order chi connectivity index (χ1) is 18.4. The largest absolute Gasteiger partial charge is 0.492 e. The lowest BCUT2D eigenvalue weighted by atomic mass is 9.79. The van der Waals surface area contributed by atoms with Gasteiger partial charge in [-0.1, -0.05) is 80.6 Å². The third kappa shape index (κ3) is 2.73. The molecule has 0 aliphatic heterocycles. The van der Waals surface area contributed by atoms with Gasteiger partial charge in [0.2, 0.25) is 0 Å². The number of fused-ring (bicyclic) bond motifs is 9. The molecule has 2 aliphatic rings. The first-order valence-corrected chi connectivity index (χ1v) is 13.2. The van der Waals surface area contributed by atoms with Crippen LogP contribution in [0.1, 0.15) is 42.7 Å². The van der Waals surface area contributed by atoms with Crippen molar-refractivity contribution in [2.75, 3.05) is 0 Å². The Balaban J connectivity index is 1.49. The van der Waals surface area contributed by atoms with Gasteiger partial charge in [0.25, 0.3) is 0 Å². The van der Waals surface area contributed by atoms with Crippen LogP contribution >= 0.6 is 0 Å². The summed E-state index contributed by atoms with van der Waals surface area (Å²) in [5.74, 6) is 0. The molecule has 184 valence electrons. The fourth-order valence-electron chi connectivity index (χ4n) is 6.89. The Kier molecular flexibility index (Phi) is 4.34. The second kappa shape index (κ2) is 7.50. The number of furan rings is 1. The minimum atomic E-state index is -1.60. The highest BCUT2D eigenvalue weighted by Gasteiger charge is 2.36. The molecule has 0 saturated heterocycles. The van der Waals surface area contributed by atoms with Crippen molar-refractivity contribution in [2.24, 2.45) is 0 Å². The van der Waals surface area contributed by atoms with Gasteiger partial charge in [0, 0.05) is 38.3 Å². The predicted molar refractivity (Wildman–Crippen MR) is 155 cm³/mol. The Morgan fingerprint density at radius 3 is 2.45 bits per heavy atom. The molecule has 0 fully saturated rings. The quantitative estimate of drug-likeness (QED) is 0.271. The van der Waals surface area contributed by atoms with Gasteiger partial charge in [-0.25, -0.2) is 0 Å². The summed E-state index contributed by atoms with van der Waals surface area (Å²) in [5.41, 5.74) is 11.6. The van der Waals surface area contributed by atoms with Crippen LogP contribution in [-0.4, -0.2) is 21.7 Å². The van der Waals surface area contributed by atoms with E-state index >= 15 is 0 Å². The van der Waals surface area contributed by atoms with Crippen molar-refractivity contribution in [2.45, 2.75) is 32.1 Å². The zero-order valence-corrected chi connectivity index (χ0v) is 21.3. The minimum Gasteiger partial charge on any atom is -0.454 e. The summed E-state index contributed by atoms with van der Waals surface area (Å²) in [6.45, 7) is 4.64. The van der Waals surface area contributed by atoms with Crippen LogP contribution in [0.3, 0.4) is 0 Å². The van der Waals surface area contributed by atoms with Gasteiger partial charge in [-0.3, -0.25) is 0 Å². The third-order valence-electron chi connectivity index (χ3n) is 8.70. The van der Waals surface area contributed by atoms with Gasteiger partial charge in [-0.05, 0) is 53.3 Å². The Labute approximate surface area is 220 Å². The molecule has 2 aromatic heterocycles. The summed E-state index contributed by atoms with van der Waals surface area (Å²) in [4.78, 5) is 0. The van der Waals surface area contributed by atoms with Crippen molar-refractivity contribution < 1.29 is 14.5 Å². The summed E-state index contributed by atoms with van der Waals surface area (Å²) in [6.07, 6.45) is 6.49. The molecule has 0 spiro atoms. The lowest BCUT2D eigenvalue weighted by molar-refractivity contribution is 0.425. The number of para-hydroxylation sites is 2. The maximum atomic E-state index is 10.00. The first-order valence-electron chi connectivity index (χ1n) is 13.2. The molecule has 0 unspecified atom stereocenters. The lowest BCUT2D eigenvalue weighted by Gasteiger charge is -2.21. The molecule has 2 N–H and O–H groups in total. The molecule has 0 radical (unpaired) electrons. The standard InChI is InChI=1S/C33H26BNO3/c1-33(2)25-13-5-3-9-19(25)23-17-24-20-10-4-6-15-28(20)35(30(24)18-26(23)33)29-16-8-12-22-21-11-7-14-27(34(36)37)31(21)38-32(22)29/h3-5,7-14,16-18,36-37H,6,15H2,1-2H3. The summed E-state index contributed by atoms with van der Waals surface area (Å²) < 4.78 is 8.85. The molecule has 2 heterocycles. The topological polar surface area (TPSA) is 58.5 Å². The molecule has 0 atom stereocenters. The van der Waals surface area contributed by atoms with Crippen molar-refractivity contribution in [1.82, 2.24) is 4.57 Å². The van der Waals surface area contributed by atoms with E-state index in [-0.39, 0.29) is 5.41 Å². The summed E-state index contributed by atoms with van der Waals surface area (Å²) >= 11 is 0. The van der Waals surface area contributed by atoms with E-state index in [0.29, 0.717) is 11.0 Å². The van der Waals surface area contributed by atoms with Gasteiger partial charge in [0.15, 0.2) is 5.58 Å². The average molecular weight is 495 g/mol. The Bertz CT molecular complexity index is 1990. The number of aromatic nitrogens is 1. The third-order valence-corrected chi connectivity index (χ3v) is 8.70. The van der Waals surface area contributed by atoms with E-state index in [2.05, 4.69) is 79.1 Å². The molecular formula is C33H26BNO3. The minimum absolute atomic E-state index is 0.0941. The molecule has 2 aliphatic carbocycles. The van der Waals surface area contributed by atoms with Gasteiger partial charge >= 0.3 is 7.12 Å². The van der Waals surface area contributed by atoms with E-state index < -0.39 is 7.12 Å². The Hall–Kier alpha value is -4.06. The molecule has 0 bridgehead atoms. The zero-order chi connectivity index (χ0) is 25.8. The average Bonchev–Trinajstić information content (AvgIpc) is 3.54. The molecule has 38 heavy (non-hydrogen) atoms. The fraction of sp³-hybridized carbons (Fsp3) is 0.152. The molecule has 5 heteroatoms. The zero-order valence-electron chi connectivity index (χ0n) is 21.3. The van der Waals surface area contributed by atoms with Crippen molar-refractivity contribution >= 4 is 51.5 Å². The number of allylic oxidation sites excluding steroid dienone is 1. The molecular weight excluding hydrogens is 469 g/mol. The van der Waals surface area contributed by atoms with Crippen molar-refractivity contribution in [1.29, 1.82) is 0 Å². The SMILES string of the molecule is CC1(C)c2ccccc2-c2cc3c4c(n(-c5cccc6c5oc5c(B(O)O)cccc56)c3cc21)CCC=C4. The van der Waals surface area contributed by atoms with Gasteiger partial charge in [0.05, 0.1) is 11.2 Å². The second-order valence-electron chi connectivity index (χ2n) is 11.1. The van der Waals surface area contributed by atoms with Crippen molar-refractivity contribution in [3.05, 3.63) is 101 Å². The number of hydrogen-bond acceptors (Lipinski definition) is 3. The Morgan fingerprint density at radius 2 is 1.61 bits per heavy atom. The van der Waals surface area contributed by atoms with Crippen LogP contribution in [0.5, 0.6) is 0 Å². The highest BCUT2D eigenvalue weighted by atomic mass is 16.4. The fourth-order valence-corrected chi connectivity index (χ4v) is 6.89. The van der Waals surface area contributed by atoms with Gasteiger partial charge in [0.1, 0.15) is 5.58 Å². The van der Waals surface area contributed by atoms with Crippen LogP contribution in [0, 0.1) is 0 Å². The number of benzene rings is 4. The second-order valence-corrected chi connectivity index (χ2v) is 11.1. The van der Waals surface area contributed by atoms with Crippen molar-refractivity contribution in [3.8, 4) is 16.8 Å². The van der Waals surface area contributed by atoms with E-state index in [9.17, 15) is 10.0 Å². The number of hydrogen-bond donors (Lipinski definition) is 2. The van der Waals surface area contributed by atoms with E-state index in [1.807, 2.05) is 18.2 Å². The number of rotatable bonds is 2. The van der Waals surface area contributed by atoms with E-state index in [1.165, 1.54) is 44.4 Å². The van der Waals surface area contributed by atoms with Crippen LogP contribution in [0.2, 0.25) is 0 Å². The normalized spacial score (nSPS) is 15.3. The maximum absolute atomic E-state index is 10.00. The van der Waals surface area contributed by atoms with E-state index in [4.69, 9.17) is 4.42 Å². The maximum Gasteiger partial charge on any atom is 0.492 e.